The molecule has 0 spiro atoms. The molecule has 0 saturated carbocycles. The Morgan fingerprint density at radius 3 is 2.52 bits per heavy atom. The van der Waals surface area contributed by atoms with Crippen molar-refractivity contribution in [1.82, 2.24) is 4.98 Å². The Kier molecular flexibility index (Phi) is 4.82. The quantitative estimate of drug-likeness (QED) is 0.253. The van der Waals surface area contributed by atoms with E-state index in [4.69, 9.17) is 0 Å². The Bertz CT molecular complexity index is 1470. The number of nitrogens with one attached hydrogen (secondary N) is 1. The average molecular weight is 444 g/mol. The fourth-order valence-electron chi connectivity index (χ4n) is 4.30. The van der Waals surface area contributed by atoms with Gasteiger partial charge in [0.05, 0.1) is 11.6 Å². The number of aromatic amines is 1. The molecule has 5 rings (SSSR count). The van der Waals surface area contributed by atoms with E-state index in [0.717, 1.165) is 28.1 Å². The van der Waals surface area contributed by atoms with Crippen molar-refractivity contribution >= 4 is 34.0 Å². The van der Waals surface area contributed by atoms with Crippen LogP contribution in [0, 0.1) is 18.6 Å². The molecule has 164 valence electrons. The van der Waals surface area contributed by atoms with Gasteiger partial charge in [0, 0.05) is 34.4 Å². The zero-order valence-corrected chi connectivity index (χ0v) is 17.5. The number of fused-ring (bicyclic) bond motifs is 1. The summed E-state index contributed by atoms with van der Waals surface area (Å²) in [5.74, 6) is -4.40. The molecule has 2 heterocycles. The van der Waals surface area contributed by atoms with Gasteiger partial charge in [0.25, 0.3) is 11.7 Å². The van der Waals surface area contributed by atoms with E-state index in [1.807, 2.05) is 25.1 Å². The minimum atomic E-state index is -1.14. The van der Waals surface area contributed by atoms with Crippen molar-refractivity contribution in [3.05, 3.63) is 107 Å². The van der Waals surface area contributed by atoms with E-state index in [2.05, 4.69) is 4.98 Å². The van der Waals surface area contributed by atoms with Crippen LogP contribution in [0.25, 0.3) is 16.7 Å². The minimum absolute atomic E-state index is 0.0143. The molecule has 0 aliphatic carbocycles. The first-order valence-electron chi connectivity index (χ1n) is 10.3. The second-order valence-corrected chi connectivity index (χ2v) is 7.93. The number of halogens is 2. The van der Waals surface area contributed by atoms with E-state index in [9.17, 15) is 23.5 Å². The second-order valence-electron chi connectivity index (χ2n) is 7.93. The van der Waals surface area contributed by atoms with Crippen LogP contribution in [-0.2, 0) is 9.59 Å². The van der Waals surface area contributed by atoms with Crippen LogP contribution in [0.15, 0.2) is 78.5 Å². The van der Waals surface area contributed by atoms with Crippen molar-refractivity contribution in [3.63, 3.8) is 0 Å². The summed E-state index contributed by atoms with van der Waals surface area (Å²) >= 11 is 0. The number of aryl methyl sites for hydroxylation is 1. The van der Waals surface area contributed by atoms with Gasteiger partial charge in [0.2, 0.25) is 0 Å². The van der Waals surface area contributed by atoms with E-state index in [1.54, 1.807) is 36.5 Å². The number of benzene rings is 3. The minimum Gasteiger partial charge on any atom is -0.507 e. The molecule has 3 aromatic carbocycles. The number of Topliss-reactive ketones (excluding diaryl/α,β-unsaturated/α-hetero) is 1. The fraction of sp³-hybridized carbons (Fsp3) is 0.0769. The number of aliphatic hydroxyl groups is 1. The SMILES string of the molecule is Cc1cccc(C2/C(=C(/O)c3c[nH]c4ccccc34)C(=O)C(=O)N2c2ccc(F)c(F)c2)c1. The standard InChI is InChI=1S/C26H18F2N2O3/c1-14-5-4-6-15(11-14)23-22(24(31)18-13-29-21-8-3-2-7-17(18)21)25(32)26(33)30(23)16-9-10-19(27)20(28)12-16/h2-13,23,29,31H,1H3/b24-22-. The predicted octanol–water partition coefficient (Wildman–Crippen LogP) is 5.38. The lowest BCUT2D eigenvalue weighted by Gasteiger charge is -2.25. The van der Waals surface area contributed by atoms with Crippen LogP contribution in [0.3, 0.4) is 0 Å². The molecular weight excluding hydrogens is 426 g/mol. The van der Waals surface area contributed by atoms with Gasteiger partial charge in [0.1, 0.15) is 5.76 Å². The molecular formula is C26H18F2N2O3. The topological polar surface area (TPSA) is 73.4 Å². The van der Waals surface area contributed by atoms with Gasteiger partial charge >= 0.3 is 0 Å². The highest BCUT2D eigenvalue weighted by Crippen LogP contribution is 2.43. The number of carbonyl (C=O) groups excluding carboxylic acids is 2. The number of aromatic nitrogens is 1. The van der Waals surface area contributed by atoms with Gasteiger partial charge in [-0.15, -0.1) is 0 Å². The van der Waals surface area contributed by atoms with Crippen LogP contribution in [0.5, 0.6) is 0 Å². The van der Waals surface area contributed by atoms with Gasteiger partial charge in [-0.3, -0.25) is 14.5 Å². The molecule has 5 nitrogen and oxygen atoms in total. The molecule has 2 N–H and O–H groups in total. The summed E-state index contributed by atoms with van der Waals surface area (Å²) in [6.45, 7) is 1.85. The van der Waals surface area contributed by atoms with E-state index >= 15 is 0 Å². The van der Waals surface area contributed by atoms with Crippen LogP contribution in [0.4, 0.5) is 14.5 Å². The van der Waals surface area contributed by atoms with Gasteiger partial charge in [-0.2, -0.15) is 0 Å². The number of carbonyl (C=O) groups is 2. The molecule has 1 atom stereocenters. The molecule has 0 radical (unpaired) electrons. The number of rotatable bonds is 3. The van der Waals surface area contributed by atoms with Crippen molar-refractivity contribution in [2.75, 3.05) is 4.90 Å². The Morgan fingerprint density at radius 1 is 0.970 bits per heavy atom. The van der Waals surface area contributed by atoms with Crippen molar-refractivity contribution in [3.8, 4) is 0 Å². The van der Waals surface area contributed by atoms with Crippen molar-refractivity contribution in [1.29, 1.82) is 0 Å². The number of amides is 1. The third-order valence-corrected chi connectivity index (χ3v) is 5.83. The van der Waals surface area contributed by atoms with E-state index in [0.29, 0.717) is 16.5 Å². The number of ketones is 1. The number of nitrogens with zero attached hydrogens (tertiary/aromatic N) is 1. The molecule has 1 fully saturated rings. The summed E-state index contributed by atoms with van der Waals surface area (Å²) in [7, 11) is 0. The van der Waals surface area contributed by atoms with Gasteiger partial charge in [0.15, 0.2) is 11.6 Å². The molecule has 7 heteroatoms. The first-order chi connectivity index (χ1) is 15.9. The Labute approximate surface area is 187 Å². The number of aliphatic hydroxyl groups excluding tert-OH is 1. The zero-order chi connectivity index (χ0) is 23.3. The summed E-state index contributed by atoms with van der Waals surface area (Å²) in [5.41, 5.74) is 2.43. The molecule has 1 saturated heterocycles. The van der Waals surface area contributed by atoms with Crippen molar-refractivity contribution in [2.24, 2.45) is 0 Å². The highest BCUT2D eigenvalue weighted by molar-refractivity contribution is 6.51. The van der Waals surface area contributed by atoms with Crippen LogP contribution >= 0.6 is 0 Å². The lowest BCUT2D eigenvalue weighted by molar-refractivity contribution is -0.132. The van der Waals surface area contributed by atoms with Gasteiger partial charge < -0.3 is 10.1 Å². The van der Waals surface area contributed by atoms with E-state index in [1.165, 1.54) is 6.07 Å². The van der Waals surface area contributed by atoms with Gasteiger partial charge in [-0.25, -0.2) is 8.78 Å². The van der Waals surface area contributed by atoms with Crippen LogP contribution in [-0.4, -0.2) is 21.8 Å². The van der Waals surface area contributed by atoms with Crippen LogP contribution in [0.2, 0.25) is 0 Å². The summed E-state index contributed by atoms with van der Waals surface area (Å²) in [4.78, 5) is 30.5. The van der Waals surface area contributed by atoms with Crippen molar-refractivity contribution < 1.29 is 23.5 Å². The van der Waals surface area contributed by atoms with Gasteiger partial charge in [-0.1, -0.05) is 48.0 Å². The van der Waals surface area contributed by atoms with Crippen LogP contribution in [0.1, 0.15) is 22.7 Å². The lowest BCUT2D eigenvalue weighted by Crippen LogP contribution is -2.29. The van der Waals surface area contributed by atoms with Crippen molar-refractivity contribution in [2.45, 2.75) is 13.0 Å². The fourth-order valence-corrected chi connectivity index (χ4v) is 4.30. The molecule has 1 unspecified atom stereocenters. The predicted molar refractivity (Wildman–Crippen MR) is 121 cm³/mol. The first-order valence-corrected chi connectivity index (χ1v) is 10.3. The molecule has 4 aromatic rings. The lowest BCUT2D eigenvalue weighted by atomic mass is 9.94. The Balaban J connectivity index is 1.77. The highest BCUT2D eigenvalue weighted by Gasteiger charge is 2.47. The summed E-state index contributed by atoms with van der Waals surface area (Å²) in [6, 6.07) is 16.3. The van der Waals surface area contributed by atoms with Gasteiger partial charge in [-0.05, 0) is 30.7 Å². The maximum absolute atomic E-state index is 14.0. The molecule has 1 aliphatic rings. The number of anilines is 1. The monoisotopic (exact) mass is 444 g/mol. The van der Waals surface area contributed by atoms with E-state index < -0.39 is 29.4 Å². The average Bonchev–Trinajstić information content (AvgIpc) is 3.35. The third kappa shape index (κ3) is 3.29. The number of hydrogen-bond acceptors (Lipinski definition) is 3. The maximum atomic E-state index is 14.0. The number of para-hydroxylation sites is 1. The van der Waals surface area contributed by atoms with Crippen LogP contribution < -0.4 is 4.90 Å². The molecule has 1 amide bonds. The smallest absolute Gasteiger partial charge is 0.300 e. The molecule has 1 aromatic heterocycles. The Morgan fingerprint density at radius 2 is 1.76 bits per heavy atom. The number of H-pyrrole nitrogens is 1. The zero-order valence-electron chi connectivity index (χ0n) is 17.5. The normalized spacial score (nSPS) is 17.8. The first kappa shape index (κ1) is 20.6. The maximum Gasteiger partial charge on any atom is 0.300 e. The van der Waals surface area contributed by atoms with E-state index in [-0.39, 0.29) is 17.0 Å². The summed E-state index contributed by atoms with van der Waals surface area (Å²) in [6.07, 6.45) is 1.57. The molecule has 33 heavy (non-hydrogen) atoms. The second kappa shape index (κ2) is 7.70. The molecule has 1 aliphatic heterocycles. The summed E-state index contributed by atoms with van der Waals surface area (Å²) < 4.78 is 27.6. The highest BCUT2D eigenvalue weighted by atomic mass is 19.2. The summed E-state index contributed by atoms with van der Waals surface area (Å²) in [5, 5.41) is 12.0. The molecule has 0 bridgehead atoms. The number of hydrogen-bond donors (Lipinski definition) is 2. The Hall–Kier alpha value is -4.26. The third-order valence-electron chi connectivity index (χ3n) is 5.83. The largest absolute Gasteiger partial charge is 0.507 e.